The van der Waals surface area contributed by atoms with E-state index in [9.17, 15) is 0 Å². The van der Waals surface area contributed by atoms with Crippen molar-refractivity contribution in [1.29, 1.82) is 0 Å². The monoisotopic (exact) mass is 294 g/mol. The van der Waals surface area contributed by atoms with Crippen LogP contribution in [0, 0.1) is 20.8 Å². The van der Waals surface area contributed by atoms with Crippen molar-refractivity contribution < 1.29 is 0 Å². The Morgan fingerprint density at radius 3 is 2.50 bits per heavy atom. The molecule has 0 amide bonds. The van der Waals surface area contributed by atoms with Crippen LogP contribution in [0.3, 0.4) is 0 Å². The molecular weight excluding hydrogens is 268 g/mol. The van der Waals surface area contributed by atoms with Crippen LogP contribution in [0.4, 0.5) is 5.69 Å². The first-order chi connectivity index (χ1) is 10.5. The van der Waals surface area contributed by atoms with Crippen molar-refractivity contribution in [2.24, 2.45) is 5.73 Å². The minimum absolute atomic E-state index is 0.237. The van der Waals surface area contributed by atoms with Gasteiger partial charge in [-0.25, -0.2) is 0 Å². The van der Waals surface area contributed by atoms with E-state index in [4.69, 9.17) is 5.73 Å². The van der Waals surface area contributed by atoms with Gasteiger partial charge in [-0.1, -0.05) is 30.3 Å². The molecular formula is C20H26N2. The van der Waals surface area contributed by atoms with Crippen molar-refractivity contribution in [3.8, 4) is 0 Å². The Morgan fingerprint density at radius 1 is 0.955 bits per heavy atom. The summed E-state index contributed by atoms with van der Waals surface area (Å²) < 4.78 is 0. The number of hydrogen-bond donors (Lipinski definition) is 1. The Morgan fingerprint density at radius 2 is 1.77 bits per heavy atom. The van der Waals surface area contributed by atoms with Gasteiger partial charge in [-0.3, -0.25) is 0 Å². The maximum Gasteiger partial charge on any atom is 0.0369 e. The molecule has 3 rings (SSSR count). The standard InChI is InChI=1S/C20H26N2/c1-14-5-4-6-20(9-14)22-12-18(11-19(21)13-22)17-8-7-15(2)16(3)10-17/h4-10,18-19H,11-13,21H2,1-3H3. The molecule has 1 aliphatic rings. The summed E-state index contributed by atoms with van der Waals surface area (Å²) in [5.74, 6) is 0.517. The van der Waals surface area contributed by atoms with Crippen LogP contribution in [0.25, 0.3) is 0 Å². The molecule has 116 valence electrons. The van der Waals surface area contributed by atoms with E-state index in [0.717, 1.165) is 19.5 Å². The maximum absolute atomic E-state index is 6.35. The molecule has 1 aliphatic heterocycles. The fourth-order valence-electron chi connectivity index (χ4n) is 3.43. The molecule has 1 fully saturated rings. The van der Waals surface area contributed by atoms with Crippen molar-refractivity contribution in [1.82, 2.24) is 0 Å². The van der Waals surface area contributed by atoms with Crippen molar-refractivity contribution >= 4 is 5.69 Å². The van der Waals surface area contributed by atoms with Crippen LogP contribution >= 0.6 is 0 Å². The van der Waals surface area contributed by atoms with Crippen LogP contribution in [0.5, 0.6) is 0 Å². The van der Waals surface area contributed by atoms with E-state index in [1.807, 2.05) is 0 Å². The Hall–Kier alpha value is -1.80. The SMILES string of the molecule is Cc1cccc(N2CC(N)CC(c3ccc(C)c(C)c3)C2)c1. The maximum atomic E-state index is 6.35. The first kappa shape index (κ1) is 15.1. The molecule has 0 aromatic heterocycles. The van der Waals surface area contributed by atoms with Gasteiger partial charge < -0.3 is 10.6 Å². The van der Waals surface area contributed by atoms with Gasteiger partial charge in [0.1, 0.15) is 0 Å². The van der Waals surface area contributed by atoms with E-state index >= 15 is 0 Å². The van der Waals surface area contributed by atoms with Crippen LogP contribution in [0.1, 0.15) is 34.6 Å². The molecule has 2 atom stereocenters. The summed E-state index contributed by atoms with van der Waals surface area (Å²) in [5, 5.41) is 0. The zero-order chi connectivity index (χ0) is 15.7. The Labute approximate surface area is 134 Å². The molecule has 0 bridgehead atoms. The molecule has 1 saturated heterocycles. The predicted octanol–water partition coefficient (Wildman–Crippen LogP) is 3.93. The van der Waals surface area contributed by atoms with Crippen molar-refractivity contribution in [3.05, 3.63) is 64.7 Å². The highest BCUT2D eigenvalue weighted by atomic mass is 15.2. The normalized spacial score (nSPS) is 21.9. The third kappa shape index (κ3) is 3.17. The quantitative estimate of drug-likeness (QED) is 0.909. The number of benzene rings is 2. The number of nitrogens with two attached hydrogens (primary N) is 1. The second-order valence-corrected chi connectivity index (χ2v) is 6.78. The number of rotatable bonds is 2. The zero-order valence-electron chi connectivity index (χ0n) is 13.8. The van der Waals surface area contributed by atoms with Crippen LogP contribution in [-0.2, 0) is 0 Å². The second-order valence-electron chi connectivity index (χ2n) is 6.78. The molecule has 0 saturated carbocycles. The Balaban J connectivity index is 1.85. The largest absolute Gasteiger partial charge is 0.369 e. The molecule has 2 heteroatoms. The highest BCUT2D eigenvalue weighted by molar-refractivity contribution is 5.50. The first-order valence-corrected chi connectivity index (χ1v) is 8.17. The van der Waals surface area contributed by atoms with Gasteiger partial charge in [-0.15, -0.1) is 0 Å². The summed E-state index contributed by atoms with van der Waals surface area (Å²) in [6.45, 7) is 8.52. The number of nitrogens with zero attached hydrogens (tertiary/aromatic N) is 1. The highest BCUT2D eigenvalue weighted by Gasteiger charge is 2.26. The molecule has 2 aromatic rings. The summed E-state index contributed by atoms with van der Waals surface area (Å²) in [6.07, 6.45) is 1.07. The highest BCUT2D eigenvalue weighted by Crippen LogP contribution is 2.30. The Bertz CT molecular complexity index is 663. The number of anilines is 1. The smallest absolute Gasteiger partial charge is 0.0369 e. The van der Waals surface area contributed by atoms with E-state index < -0.39 is 0 Å². The molecule has 2 aromatic carbocycles. The van der Waals surface area contributed by atoms with Gasteiger partial charge in [-0.05, 0) is 61.6 Å². The van der Waals surface area contributed by atoms with Crippen molar-refractivity contribution in [2.75, 3.05) is 18.0 Å². The van der Waals surface area contributed by atoms with Gasteiger partial charge in [0.2, 0.25) is 0 Å². The van der Waals surface area contributed by atoms with Crippen LogP contribution in [0.2, 0.25) is 0 Å². The lowest BCUT2D eigenvalue weighted by Crippen LogP contribution is -2.46. The average molecular weight is 294 g/mol. The zero-order valence-corrected chi connectivity index (χ0v) is 13.8. The second kappa shape index (κ2) is 6.13. The lowest BCUT2D eigenvalue weighted by atomic mass is 9.86. The third-order valence-electron chi connectivity index (χ3n) is 4.85. The molecule has 0 spiro atoms. The molecule has 0 aliphatic carbocycles. The first-order valence-electron chi connectivity index (χ1n) is 8.17. The molecule has 1 heterocycles. The fraction of sp³-hybridized carbons (Fsp3) is 0.400. The van der Waals surface area contributed by atoms with E-state index in [2.05, 4.69) is 68.1 Å². The topological polar surface area (TPSA) is 29.3 Å². The summed E-state index contributed by atoms with van der Waals surface area (Å²) in [6, 6.07) is 15.8. The van der Waals surface area contributed by atoms with Gasteiger partial charge in [0.15, 0.2) is 0 Å². The Kier molecular flexibility index (Phi) is 4.21. The van der Waals surface area contributed by atoms with Gasteiger partial charge in [-0.2, -0.15) is 0 Å². The van der Waals surface area contributed by atoms with E-state index in [0.29, 0.717) is 5.92 Å². The van der Waals surface area contributed by atoms with Gasteiger partial charge in [0, 0.05) is 30.7 Å². The van der Waals surface area contributed by atoms with Crippen LogP contribution in [0.15, 0.2) is 42.5 Å². The van der Waals surface area contributed by atoms with E-state index in [-0.39, 0.29) is 6.04 Å². The lowest BCUT2D eigenvalue weighted by molar-refractivity contribution is 0.454. The molecule has 22 heavy (non-hydrogen) atoms. The van der Waals surface area contributed by atoms with E-state index in [1.165, 1.54) is 27.9 Å². The summed E-state index contributed by atoms with van der Waals surface area (Å²) >= 11 is 0. The number of aryl methyl sites for hydroxylation is 3. The third-order valence-corrected chi connectivity index (χ3v) is 4.85. The van der Waals surface area contributed by atoms with Crippen LogP contribution in [-0.4, -0.2) is 19.1 Å². The summed E-state index contributed by atoms with van der Waals surface area (Å²) in [7, 11) is 0. The molecule has 2 unspecified atom stereocenters. The lowest BCUT2D eigenvalue weighted by Gasteiger charge is -2.38. The summed E-state index contributed by atoms with van der Waals surface area (Å²) in [4.78, 5) is 2.45. The van der Waals surface area contributed by atoms with Crippen molar-refractivity contribution in [3.63, 3.8) is 0 Å². The fourth-order valence-corrected chi connectivity index (χ4v) is 3.43. The summed E-state index contributed by atoms with van der Waals surface area (Å²) in [5.41, 5.74) is 13.1. The molecule has 2 N–H and O–H groups in total. The molecule has 0 radical (unpaired) electrons. The van der Waals surface area contributed by atoms with Gasteiger partial charge in [0.05, 0.1) is 0 Å². The number of hydrogen-bond acceptors (Lipinski definition) is 2. The van der Waals surface area contributed by atoms with E-state index in [1.54, 1.807) is 0 Å². The van der Waals surface area contributed by atoms with Gasteiger partial charge >= 0.3 is 0 Å². The average Bonchev–Trinajstić information content (AvgIpc) is 2.49. The van der Waals surface area contributed by atoms with Gasteiger partial charge in [0.25, 0.3) is 0 Å². The van der Waals surface area contributed by atoms with Crippen LogP contribution < -0.4 is 10.6 Å². The van der Waals surface area contributed by atoms with Crippen molar-refractivity contribution in [2.45, 2.75) is 39.2 Å². The minimum Gasteiger partial charge on any atom is -0.369 e. The predicted molar refractivity (Wildman–Crippen MR) is 94.6 cm³/mol. The minimum atomic E-state index is 0.237. The number of piperidine rings is 1. The molecule has 2 nitrogen and oxygen atoms in total.